The number of nitrogens with zero attached hydrogens (tertiary/aromatic N) is 4. The van der Waals surface area contributed by atoms with Crippen LogP contribution in [0.3, 0.4) is 0 Å². The number of pyridine rings is 1. The maximum absolute atomic E-state index is 15.0. The zero-order chi connectivity index (χ0) is 19.3. The van der Waals surface area contributed by atoms with Crippen molar-refractivity contribution in [1.82, 2.24) is 30.5 Å². The molecule has 3 aromatic heterocycles. The van der Waals surface area contributed by atoms with Crippen LogP contribution in [0.5, 0.6) is 0 Å². The molecule has 1 aromatic carbocycles. The molecule has 4 heterocycles. The molecule has 1 aliphatic heterocycles. The Hall–Kier alpha value is -2.35. The summed E-state index contributed by atoms with van der Waals surface area (Å²) in [7, 11) is 0. The zero-order valence-electron chi connectivity index (χ0n) is 16.7. The highest BCUT2D eigenvalue weighted by atomic mass is 35.5. The Balaban J connectivity index is 0.00000128. The van der Waals surface area contributed by atoms with Gasteiger partial charge in [-0.15, -0.1) is 24.8 Å². The first kappa shape index (κ1) is 22.3. The first-order valence-electron chi connectivity index (χ1n) is 9.60. The zero-order valence-corrected chi connectivity index (χ0v) is 18.3. The second-order valence-electron chi connectivity index (χ2n) is 7.53. The molecule has 0 amide bonds. The van der Waals surface area contributed by atoms with Gasteiger partial charge in [0.2, 0.25) is 0 Å². The lowest BCUT2D eigenvalue weighted by atomic mass is 9.93. The Kier molecular flexibility index (Phi) is 6.55. The van der Waals surface area contributed by atoms with Crippen molar-refractivity contribution in [2.24, 2.45) is 0 Å². The minimum Gasteiger partial charge on any atom is -0.341 e. The summed E-state index contributed by atoms with van der Waals surface area (Å²) in [5.41, 5.74) is 5.36. The first-order valence-corrected chi connectivity index (χ1v) is 9.60. The van der Waals surface area contributed by atoms with E-state index in [1.165, 1.54) is 6.07 Å². The number of nitrogens with one attached hydrogen (secondary N) is 2. The van der Waals surface area contributed by atoms with Crippen molar-refractivity contribution in [2.45, 2.75) is 32.6 Å². The number of fused-ring (bicyclic) bond motifs is 2. The Morgan fingerprint density at radius 1 is 0.967 bits per heavy atom. The summed E-state index contributed by atoms with van der Waals surface area (Å²) in [4.78, 5) is 12.2. The van der Waals surface area contributed by atoms with Gasteiger partial charge >= 0.3 is 0 Å². The van der Waals surface area contributed by atoms with Crippen LogP contribution in [0.15, 0.2) is 24.3 Å². The van der Waals surface area contributed by atoms with E-state index in [1.54, 1.807) is 0 Å². The topological polar surface area (TPSA) is 79.4 Å². The van der Waals surface area contributed by atoms with Gasteiger partial charge in [0.15, 0.2) is 5.65 Å². The molecule has 4 aromatic rings. The van der Waals surface area contributed by atoms with Crippen LogP contribution in [0.25, 0.3) is 33.3 Å². The van der Waals surface area contributed by atoms with Gasteiger partial charge in [-0.05, 0) is 69.6 Å². The number of imidazole rings is 1. The van der Waals surface area contributed by atoms with Crippen LogP contribution in [-0.4, -0.2) is 38.2 Å². The van der Waals surface area contributed by atoms with Gasteiger partial charge in [0, 0.05) is 16.9 Å². The summed E-state index contributed by atoms with van der Waals surface area (Å²) in [6.07, 6.45) is 2.01. The van der Waals surface area contributed by atoms with Gasteiger partial charge in [-0.2, -0.15) is 10.2 Å². The molecule has 0 radical (unpaired) electrons. The lowest BCUT2D eigenvalue weighted by Crippen LogP contribution is -2.27. The summed E-state index contributed by atoms with van der Waals surface area (Å²) >= 11 is 0. The van der Waals surface area contributed by atoms with Crippen molar-refractivity contribution in [3.63, 3.8) is 0 Å². The molecule has 5 rings (SSSR count). The van der Waals surface area contributed by atoms with E-state index in [0.717, 1.165) is 48.5 Å². The Morgan fingerprint density at radius 2 is 1.73 bits per heavy atom. The Bertz CT molecular complexity index is 1200. The maximum Gasteiger partial charge on any atom is 0.178 e. The molecule has 1 aliphatic rings. The smallest absolute Gasteiger partial charge is 0.178 e. The Morgan fingerprint density at radius 3 is 2.50 bits per heavy atom. The fraction of sp³-hybridized carbons (Fsp3) is 0.333. The van der Waals surface area contributed by atoms with Crippen molar-refractivity contribution >= 4 is 46.9 Å². The first-order chi connectivity index (χ1) is 13.6. The average molecular weight is 449 g/mol. The van der Waals surface area contributed by atoms with Crippen LogP contribution in [0.2, 0.25) is 0 Å². The minimum atomic E-state index is -0.296. The molecule has 0 unspecified atom stereocenters. The summed E-state index contributed by atoms with van der Waals surface area (Å²) in [5.74, 6) is 0.853. The number of hydrogen-bond donors (Lipinski definition) is 2. The van der Waals surface area contributed by atoms with Gasteiger partial charge in [0.1, 0.15) is 11.6 Å². The number of halogens is 3. The molecule has 0 spiro atoms. The molecular formula is C21H23Cl2FN6. The highest BCUT2D eigenvalue weighted by Crippen LogP contribution is 2.30. The van der Waals surface area contributed by atoms with Gasteiger partial charge in [-0.25, -0.2) is 14.4 Å². The van der Waals surface area contributed by atoms with Crippen molar-refractivity contribution in [3.8, 4) is 11.3 Å². The third kappa shape index (κ3) is 3.97. The van der Waals surface area contributed by atoms with E-state index in [4.69, 9.17) is 0 Å². The summed E-state index contributed by atoms with van der Waals surface area (Å²) in [6, 6.07) is 7.18. The number of benzene rings is 1. The fourth-order valence-electron chi connectivity index (χ4n) is 3.99. The van der Waals surface area contributed by atoms with Crippen molar-refractivity contribution < 1.29 is 4.39 Å². The van der Waals surface area contributed by atoms with E-state index in [1.807, 2.05) is 32.0 Å². The number of hydrogen-bond acceptors (Lipinski definition) is 5. The van der Waals surface area contributed by atoms with Gasteiger partial charge < -0.3 is 10.3 Å². The van der Waals surface area contributed by atoms with Crippen molar-refractivity contribution in [1.29, 1.82) is 0 Å². The predicted molar refractivity (Wildman–Crippen MR) is 121 cm³/mol. The number of aromatic amines is 1. The number of piperidine rings is 1. The van der Waals surface area contributed by atoms with E-state index in [0.29, 0.717) is 33.7 Å². The Labute approximate surface area is 185 Å². The van der Waals surface area contributed by atoms with Gasteiger partial charge in [-0.1, -0.05) is 0 Å². The standard InChI is InChI=1S/C21H21FN6.2ClH/c1-11-7-17(26-21-20(11)24-12(2)25-21)14-8-16(22)15-10-18(27-28-19(15)9-14)13-3-5-23-6-4-13;;/h7-10,13,23H,3-6H2,1-2H3,(H,24,25,26);2*1H. The summed E-state index contributed by atoms with van der Waals surface area (Å²) < 4.78 is 15.0. The van der Waals surface area contributed by atoms with Crippen LogP contribution < -0.4 is 5.32 Å². The lowest BCUT2D eigenvalue weighted by molar-refractivity contribution is 0.451. The fourth-order valence-corrected chi connectivity index (χ4v) is 3.99. The number of aryl methyl sites for hydroxylation is 2. The highest BCUT2D eigenvalue weighted by Gasteiger charge is 2.19. The number of rotatable bonds is 2. The lowest BCUT2D eigenvalue weighted by Gasteiger charge is -2.21. The largest absolute Gasteiger partial charge is 0.341 e. The normalized spacial score (nSPS) is 14.5. The molecule has 0 bridgehead atoms. The highest BCUT2D eigenvalue weighted by molar-refractivity contribution is 5.86. The van der Waals surface area contributed by atoms with Crippen LogP contribution in [0.1, 0.15) is 35.8 Å². The van der Waals surface area contributed by atoms with E-state index in [9.17, 15) is 4.39 Å². The molecule has 2 N–H and O–H groups in total. The van der Waals surface area contributed by atoms with E-state index in [-0.39, 0.29) is 30.6 Å². The molecular weight excluding hydrogens is 426 g/mol. The predicted octanol–water partition coefficient (Wildman–Crippen LogP) is 4.63. The number of aromatic nitrogens is 5. The third-order valence-corrected chi connectivity index (χ3v) is 5.50. The third-order valence-electron chi connectivity index (χ3n) is 5.50. The van der Waals surface area contributed by atoms with E-state index >= 15 is 0 Å². The van der Waals surface area contributed by atoms with Crippen molar-refractivity contribution in [2.75, 3.05) is 13.1 Å². The number of H-pyrrole nitrogens is 1. The summed E-state index contributed by atoms with van der Waals surface area (Å²) in [5, 5.41) is 12.6. The molecule has 0 aliphatic carbocycles. The second-order valence-corrected chi connectivity index (χ2v) is 7.53. The molecule has 1 saturated heterocycles. The minimum absolute atomic E-state index is 0. The average Bonchev–Trinajstić information content (AvgIpc) is 3.09. The second kappa shape index (κ2) is 8.79. The van der Waals surface area contributed by atoms with Crippen LogP contribution in [0.4, 0.5) is 4.39 Å². The quantitative estimate of drug-likeness (QED) is 0.466. The van der Waals surface area contributed by atoms with Crippen LogP contribution >= 0.6 is 24.8 Å². The molecule has 30 heavy (non-hydrogen) atoms. The molecule has 0 atom stereocenters. The molecule has 9 heteroatoms. The molecule has 1 fully saturated rings. The molecule has 158 valence electrons. The maximum atomic E-state index is 15.0. The van der Waals surface area contributed by atoms with Gasteiger partial charge in [0.25, 0.3) is 0 Å². The summed E-state index contributed by atoms with van der Waals surface area (Å²) in [6.45, 7) is 5.82. The van der Waals surface area contributed by atoms with E-state index in [2.05, 4.69) is 30.5 Å². The van der Waals surface area contributed by atoms with Gasteiger partial charge in [-0.3, -0.25) is 0 Å². The SMILES string of the molecule is Cc1nc2nc(-c3cc(F)c4cc(C5CCNCC5)nnc4c3)cc(C)c2[nH]1.Cl.Cl. The van der Waals surface area contributed by atoms with Crippen LogP contribution in [-0.2, 0) is 0 Å². The van der Waals surface area contributed by atoms with Gasteiger partial charge in [0.05, 0.1) is 22.4 Å². The van der Waals surface area contributed by atoms with Crippen LogP contribution in [0, 0.1) is 19.7 Å². The molecule has 0 saturated carbocycles. The monoisotopic (exact) mass is 448 g/mol. The molecule has 6 nitrogen and oxygen atoms in total. The van der Waals surface area contributed by atoms with Crippen molar-refractivity contribution in [3.05, 3.63) is 47.2 Å². The van der Waals surface area contributed by atoms with E-state index < -0.39 is 0 Å².